The summed E-state index contributed by atoms with van der Waals surface area (Å²) in [7, 11) is 0. The molecule has 0 atom stereocenters. The van der Waals surface area contributed by atoms with Gasteiger partial charge in [0.1, 0.15) is 0 Å². The zero-order valence-electron chi connectivity index (χ0n) is 9.34. The lowest BCUT2D eigenvalue weighted by atomic mass is 10.1. The van der Waals surface area contributed by atoms with Crippen LogP contribution in [0.25, 0.3) is 0 Å². The largest absolute Gasteiger partial charge is 0.397 e. The minimum Gasteiger partial charge on any atom is -0.397 e. The van der Waals surface area contributed by atoms with Crippen LogP contribution >= 0.6 is 23.2 Å². The molecule has 0 bridgehead atoms. The molecule has 0 radical (unpaired) electrons. The van der Waals surface area contributed by atoms with E-state index in [1.54, 1.807) is 0 Å². The fourth-order valence-electron chi connectivity index (χ4n) is 1.35. The zero-order valence-corrected chi connectivity index (χ0v) is 10.8. The third kappa shape index (κ3) is 3.06. The van der Waals surface area contributed by atoms with Gasteiger partial charge < -0.3 is 10.6 Å². The van der Waals surface area contributed by atoms with Gasteiger partial charge in [-0.15, -0.1) is 6.42 Å². The highest BCUT2D eigenvalue weighted by Crippen LogP contribution is 2.29. The van der Waals surface area contributed by atoms with Gasteiger partial charge in [0.15, 0.2) is 0 Å². The summed E-state index contributed by atoms with van der Waals surface area (Å²) in [5.74, 6) is 2.21. The van der Waals surface area contributed by atoms with Gasteiger partial charge in [0, 0.05) is 12.1 Å². The summed E-state index contributed by atoms with van der Waals surface area (Å²) in [6, 6.07) is 2.98. The molecule has 0 aliphatic heterocycles. The van der Waals surface area contributed by atoms with Crippen molar-refractivity contribution in [2.75, 3.05) is 18.8 Å². The maximum atomic E-state index is 12.1. The predicted molar refractivity (Wildman–Crippen MR) is 71.3 cm³/mol. The highest BCUT2D eigenvalue weighted by Gasteiger charge is 2.16. The minimum absolute atomic E-state index is 0.212. The highest BCUT2D eigenvalue weighted by molar-refractivity contribution is 6.43. The fraction of sp³-hybridized carbons (Fsp3) is 0.250. The van der Waals surface area contributed by atoms with E-state index in [-0.39, 0.29) is 28.2 Å². The lowest BCUT2D eigenvalue weighted by Gasteiger charge is -2.18. The molecule has 1 aromatic carbocycles. The summed E-state index contributed by atoms with van der Waals surface area (Å²) in [5.41, 5.74) is 6.31. The molecule has 0 unspecified atom stereocenters. The molecule has 5 heteroatoms. The SMILES string of the molecule is C#CCN(CC)C(=O)c1cc(N)c(Cl)c(Cl)c1. The van der Waals surface area contributed by atoms with Crippen LogP contribution in [0.15, 0.2) is 12.1 Å². The molecule has 1 rings (SSSR count). The monoisotopic (exact) mass is 270 g/mol. The molecule has 0 aliphatic carbocycles. The number of nitrogens with zero attached hydrogens (tertiary/aromatic N) is 1. The van der Waals surface area contributed by atoms with Crippen molar-refractivity contribution in [2.45, 2.75) is 6.92 Å². The number of hydrogen-bond acceptors (Lipinski definition) is 2. The molecular weight excluding hydrogens is 259 g/mol. The van der Waals surface area contributed by atoms with Crippen LogP contribution in [0.5, 0.6) is 0 Å². The summed E-state index contributed by atoms with van der Waals surface area (Å²) in [4.78, 5) is 13.6. The molecule has 1 aromatic rings. The van der Waals surface area contributed by atoms with Crippen molar-refractivity contribution in [1.29, 1.82) is 0 Å². The molecule has 17 heavy (non-hydrogen) atoms. The van der Waals surface area contributed by atoms with E-state index in [9.17, 15) is 4.79 Å². The molecule has 0 heterocycles. The number of amides is 1. The maximum Gasteiger partial charge on any atom is 0.254 e. The molecule has 0 saturated carbocycles. The number of terminal acetylenes is 1. The Morgan fingerprint density at radius 2 is 2.18 bits per heavy atom. The molecule has 1 amide bonds. The van der Waals surface area contributed by atoms with Crippen LogP contribution in [0.4, 0.5) is 5.69 Å². The van der Waals surface area contributed by atoms with Crippen molar-refractivity contribution in [1.82, 2.24) is 4.90 Å². The van der Waals surface area contributed by atoms with Gasteiger partial charge in [-0.2, -0.15) is 0 Å². The van der Waals surface area contributed by atoms with E-state index in [2.05, 4.69) is 5.92 Å². The standard InChI is InChI=1S/C12H12Cl2N2O/c1-3-5-16(4-2)12(17)8-6-9(13)11(14)10(15)7-8/h1,6-7H,4-5,15H2,2H3. The first-order valence-corrected chi connectivity index (χ1v) is 5.74. The lowest BCUT2D eigenvalue weighted by molar-refractivity contribution is 0.0785. The van der Waals surface area contributed by atoms with Crippen LogP contribution in [0.3, 0.4) is 0 Å². The molecule has 0 fully saturated rings. The Balaban J connectivity index is 3.09. The Hall–Kier alpha value is -1.37. The molecule has 0 saturated heterocycles. The Morgan fingerprint density at radius 1 is 1.53 bits per heavy atom. The number of carbonyl (C=O) groups excluding carboxylic acids is 1. The van der Waals surface area contributed by atoms with Crippen LogP contribution in [0.2, 0.25) is 10.0 Å². The van der Waals surface area contributed by atoms with Gasteiger partial charge in [-0.25, -0.2) is 0 Å². The molecule has 0 spiro atoms. The van der Waals surface area contributed by atoms with Gasteiger partial charge >= 0.3 is 0 Å². The minimum atomic E-state index is -0.212. The van der Waals surface area contributed by atoms with Crippen LogP contribution in [0.1, 0.15) is 17.3 Å². The molecule has 90 valence electrons. The average Bonchev–Trinajstić information content (AvgIpc) is 2.31. The van der Waals surface area contributed by atoms with E-state index >= 15 is 0 Å². The summed E-state index contributed by atoms with van der Waals surface area (Å²) in [6.07, 6.45) is 5.19. The van der Waals surface area contributed by atoms with Crippen LogP contribution in [-0.4, -0.2) is 23.9 Å². The second kappa shape index (κ2) is 5.81. The van der Waals surface area contributed by atoms with Crippen LogP contribution in [0, 0.1) is 12.3 Å². The fourth-order valence-corrected chi connectivity index (χ4v) is 1.69. The summed E-state index contributed by atoms with van der Waals surface area (Å²) in [5, 5.41) is 0.509. The number of halogens is 2. The van der Waals surface area contributed by atoms with Crippen molar-refractivity contribution in [3.63, 3.8) is 0 Å². The first-order chi connectivity index (χ1) is 8.01. The number of nitrogens with two attached hydrogens (primary N) is 1. The number of benzene rings is 1. The smallest absolute Gasteiger partial charge is 0.254 e. The zero-order chi connectivity index (χ0) is 13.0. The molecule has 0 aromatic heterocycles. The van der Waals surface area contributed by atoms with E-state index < -0.39 is 0 Å². The van der Waals surface area contributed by atoms with Gasteiger partial charge in [-0.3, -0.25) is 4.79 Å². The van der Waals surface area contributed by atoms with E-state index in [0.29, 0.717) is 12.1 Å². The van der Waals surface area contributed by atoms with E-state index in [0.717, 1.165) is 0 Å². The van der Waals surface area contributed by atoms with Gasteiger partial charge in [0.05, 0.1) is 22.3 Å². The van der Waals surface area contributed by atoms with Crippen molar-refractivity contribution < 1.29 is 4.79 Å². The number of anilines is 1. The normalized spacial score (nSPS) is 9.76. The second-order valence-corrected chi connectivity index (χ2v) is 4.17. The van der Waals surface area contributed by atoms with Crippen molar-refractivity contribution in [2.24, 2.45) is 0 Å². The van der Waals surface area contributed by atoms with Crippen LogP contribution in [-0.2, 0) is 0 Å². The summed E-state index contributed by atoms with van der Waals surface area (Å²) >= 11 is 11.7. The van der Waals surface area contributed by atoms with Gasteiger partial charge in [0.25, 0.3) is 5.91 Å². The maximum absolute atomic E-state index is 12.1. The highest BCUT2D eigenvalue weighted by atomic mass is 35.5. The lowest BCUT2D eigenvalue weighted by Crippen LogP contribution is -2.31. The van der Waals surface area contributed by atoms with Crippen molar-refractivity contribution in [3.8, 4) is 12.3 Å². The molecular formula is C12H12Cl2N2O. The molecule has 3 nitrogen and oxygen atoms in total. The molecule has 2 N–H and O–H groups in total. The number of nitrogen functional groups attached to an aromatic ring is 1. The van der Waals surface area contributed by atoms with Crippen LogP contribution < -0.4 is 5.73 Å². The topological polar surface area (TPSA) is 46.3 Å². The predicted octanol–water partition coefficient (Wildman–Crippen LogP) is 2.67. The summed E-state index contributed by atoms with van der Waals surface area (Å²) < 4.78 is 0. The Morgan fingerprint density at radius 3 is 2.65 bits per heavy atom. The third-order valence-electron chi connectivity index (χ3n) is 2.25. The average molecular weight is 271 g/mol. The Labute approximate surface area is 110 Å². The quantitative estimate of drug-likeness (QED) is 0.678. The Bertz CT molecular complexity index is 457. The van der Waals surface area contributed by atoms with Gasteiger partial charge in [-0.1, -0.05) is 29.1 Å². The molecule has 0 aliphatic rings. The van der Waals surface area contributed by atoms with E-state index in [1.807, 2.05) is 6.92 Å². The second-order valence-electron chi connectivity index (χ2n) is 3.38. The number of hydrogen-bond donors (Lipinski definition) is 1. The number of rotatable bonds is 3. The van der Waals surface area contributed by atoms with E-state index in [4.69, 9.17) is 35.4 Å². The summed E-state index contributed by atoms with van der Waals surface area (Å²) in [6.45, 7) is 2.61. The van der Waals surface area contributed by atoms with Gasteiger partial charge in [-0.05, 0) is 19.1 Å². The number of carbonyl (C=O) groups is 1. The first kappa shape index (κ1) is 13.7. The Kier molecular flexibility index (Phi) is 4.68. The van der Waals surface area contributed by atoms with E-state index in [1.165, 1.54) is 17.0 Å². The first-order valence-electron chi connectivity index (χ1n) is 4.98. The van der Waals surface area contributed by atoms with Crippen molar-refractivity contribution in [3.05, 3.63) is 27.7 Å². The third-order valence-corrected chi connectivity index (χ3v) is 3.07. The van der Waals surface area contributed by atoms with Gasteiger partial charge in [0.2, 0.25) is 0 Å². The van der Waals surface area contributed by atoms with Crippen molar-refractivity contribution >= 4 is 34.8 Å².